The second-order valence-corrected chi connectivity index (χ2v) is 6.73. The molecule has 0 aliphatic carbocycles. The van der Waals surface area contributed by atoms with E-state index in [2.05, 4.69) is 9.72 Å². The number of methoxy groups -OCH3 is 1. The Labute approximate surface area is 162 Å². The molecule has 0 saturated heterocycles. The van der Waals surface area contributed by atoms with E-state index in [1.54, 1.807) is 0 Å². The summed E-state index contributed by atoms with van der Waals surface area (Å²) in [5.74, 6) is -18.7. The summed E-state index contributed by atoms with van der Waals surface area (Å²) in [6.45, 7) is 0. The molecule has 1 N–H and O–H groups in total. The zero-order chi connectivity index (χ0) is 22.0. The number of pyridine rings is 1. The van der Waals surface area contributed by atoms with Crippen LogP contribution in [0.15, 0.2) is 41.4 Å². The summed E-state index contributed by atoms with van der Waals surface area (Å²) in [6.07, 6.45) is -5.48. The highest BCUT2D eigenvalue weighted by molar-refractivity contribution is 8.00. The number of aromatic nitrogens is 1. The van der Waals surface area contributed by atoms with Crippen molar-refractivity contribution < 1.29 is 44.7 Å². The second-order valence-electron chi connectivity index (χ2n) is 5.59. The number of alkyl halides is 8. The summed E-state index contributed by atoms with van der Waals surface area (Å²) in [7, 11) is 0.709. The number of fused-ring (bicyclic) bond motifs is 1. The lowest BCUT2D eigenvalue weighted by atomic mass is 10.0. The molecule has 1 aromatic heterocycles. The van der Waals surface area contributed by atoms with Crippen LogP contribution in [0.1, 0.15) is 0 Å². The molecule has 0 saturated carbocycles. The molecule has 0 bridgehead atoms. The van der Waals surface area contributed by atoms with Gasteiger partial charge < -0.3 is 10.1 Å². The molecular formula is C16H12F8N2O2S. The molecule has 0 spiro atoms. The van der Waals surface area contributed by atoms with Crippen LogP contribution in [0, 0.1) is 0 Å². The van der Waals surface area contributed by atoms with E-state index in [0.717, 1.165) is 6.07 Å². The number of para-hydroxylation sites is 1. The van der Waals surface area contributed by atoms with Crippen LogP contribution < -0.4 is 5.32 Å². The van der Waals surface area contributed by atoms with E-state index in [-0.39, 0.29) is 22.2 Å². The normalized spacial score (nSPS) is 14.1. The van der Waals surface area contributed by atoms with Crippen LogP contribution in [-0.2, 0) is 4.74 Å². The van der Waals surface area contributed by atoms with Crippen molar-refractivity contribution in [3.8, 4) is 0 Å². The predicted octanol–water partition coefficient (Wildman–Crippen LogP) is 5.18. The van der Waals surface area contributed by atoms with Crippen LogP contribution in [0.3, 0.4) is 0 Å². The monoisotopic (exact) mass is 448 g/mol. The molecule has 13 heteroatoms. The summed E-state index contributed by atoms with van der Waals surface area (Å²) in [6, 6.07) is 7.00. The average molecular weight is 448 g/mol. The van der Waals surface area contributed by atoms with Gasteiger partial charge in [-0.15, -0.1) is 0 Å². The van der Waals surface area contributed by atoms with Gasteiger partial charge in [-0.1, -0.05) is 30.0 Å². The van der Waals surface area contributed by atoms with Gasteiger partial charge in [0, 0.05) is 16.5 Å². The van der Waals surface area contributed by atoms with Crippen LogP contribution in [0.5, 0.6) is 0 Å². The molecule has 0 radical (unpaired) electrons. The number of carbonyl (C=O) groups excluding carboxylic acids is 1. The van der Waals surface area contributed by atoms with Crippen LogP contribution in [0.25, 0.3) is 10.9 Å². The number of nitrogens with zero attached hydrogens (tertiary/aromatic N) is 1. The van der Waals surface area contributed by atoms with Crippen molar-refractivity contribution in [1.29, 1.82) is 0 Å². The molecule has 1 atom stereocenters. The van der Waals surface area contributed by atoms with Crippen molar-refractivity contribution in [2.75, 3.05) is 7.11 Å². The molecule has 1 heterocycles. The van der Waals surface area contributed by atoms with E-state index in [0.29, 0.717) is 12.5 Å². The number of amides is 1. The van der Waals surface area contributed by atoms with Crippen LogP contribution in [0.2, 0.25) is 0 Å². The smallest absolute Gasteiger partial charge is 0.407 e. The SMILES string of the molecule is COC(=O)NC(Sc1cccc2cccnc12)C(F)(F)C(F)(F)C(F)(F)C(F)F. The van der Waals surface area contributed by atoms with Gasteiger partial charge in [0.2, 0.25) is 0 Å². The fourth-order valence-corrected chi connectivity index (χ4v) is 3.33. The number of nitrogens with one attached hydrogen (secondary N) is 1. The molecule has 29 heavy (non-hydrogen) atoms. The van der Waals surface area contributed by atoms with Gasteiger partial charge >= 0.3 is 30.3 Å². The molecule has 160 valence electrons. The fraction of sp³-hybridized carbons (Fsp3) is 0.375. The molecule has 0 fully saturated rings. The quantitative estimate of drug-likeness (QED) is 0.360. The summed E-state index contributed by atoms with van der Waals surface area (Å²) in [5, 5.41) is -1.40. The number of rotatable bonds is 7. The lowest BCUT2D eigenvalue weighted by Crippen LogP contribution is -2.64. The highest BCUT2D eigenvalue weighted by Gasteiger charge is 2.77. The topological polar surface area (TPSA) is 51.2 Å². The number of ether oxygens (including phenoxy) is 1. The number of benzene rings is 1. The number of halogens is 8. The zero-order valence-corrected chi connectivity index (χ0v) is 15.1. The third kappa shape index (κ3) is 4.19. The van der Waals surface area contributed by atoms with E-state index in [9.17, 15) is 39.9 Å². The minimum Gasteiger partial charge on any atom is -0.453 e. The first kappa shape index (κ1) is 23.0. The molecular weight excluding hydrogens is 436 g/mol. The minimum absolute atomic E-state index is 0.0383. The molecule has 4 nitrogen and oxygen atoms in total. The number of hydrogen-bond acceptors (Lipinski definition) is 4. The Balaban J connectivity index is 2.53. The summed E-state index contributed by atoms with van der Waals surface area (Å²) in [5.41, 5.74) is 0.0383. The molecule has 1 amide bonds. The Morgan fingerprint density at radius 2 is 1.69 bits per heavy atom. The van der Waals surface area contributed by atoms with E-state index in [1.807, 2.05) is 0 Å². The van der Waals surface area contributed by atoms with Gasteiger partial charge in [0.05, 0.1) is 12.6 Å². The number of carbonyl (C=O) groups is 1. The number of thioether (sulfide) groups is 1. The third-order valence-corrected chi connectivity index (χ3v) is 4.95. The zero-order valence-electron chi connectivity index (χ0n) is 14.3. The van der Waals surface area contributed by atoms with E-state index < -0.39 is 35.7 Å². The van der Waals surface area contributed by atoms with Crippen molar-refractivity contribution in [3.63, 3.8) is 0 Å². The van der Waals surface area contributed by atoms with Crippen LogP contribution in [-0.4, -0.2) is 47.8 Å². The Kier molecular flexibility index (Phi) is 6.50. The standard InChI is InChI=1S/C16H12F8N2O2S/c1-28-13(27)26-12(15(21,22)16(23,24)14(19,20)11(17)18)29-9-6-2-4-8-5-3-7-25-10(8)9/h2-7,11-12H,1H3,(H,26,27). The Morgan fingerprint density at radius 1 is 1.07 bits per heavy atom. The average Bonchev–Trinajstić information content (AvgIpc) is 2.67. The predicted molar refractivity (Wildman–Crippen MR) is 87.8 cm³/mol. The summed E-state index contributed by atoms with van der Waals surface area (Å²) >= 11 is -0.159. The van der Waals surface area contributed by atoms with Crippen LogP contribution in [0.4, 0.5) is 39.9 Å². The van der Waals surface area contributed by atoms with Crippen LogP contribution >= 0.6 is 11.8 Å². The molecule has 1 aromatic carbocycles. The van der Waals surface area contributed by atoms with Gasteiger partial charge in [-0.05, 0) is 12.1 Å². The first-order valence-corrected chi connectivity index (χ1v) is 8.50. The number of alkyl carbamates (subject to hydrolysis) is 1. The maximum atomic E-state index is 14.4. The van der Waals surface area contributed by atoms with Gasteiger partial charge in [0.15, 0.2) is 5.37 Å². The first-order valence-electron chi connectivity index (χ1n) is 7.62. The maximum Gasteiger partial charge on any atom is 0.407 e. The first-order chi connectivity index (χ1) is 13.4. The Hall–Kier alpha value is -2.31. The van der Waals surface area contributed by atoms with E-state index in [1.165, 1.54) is 35.8 Å². The summed E-state index contributed by atoms with van der Waals surface area (Å²) < 4.78 is 112. The minimum atomic E-state index is -6.51. The number of hydrogen-bond donors (Lipinski definition) is 1. The fourth-order valence-electron chi connectivity index (χ4n) is 2.18. The van der Waals surface area contributed by atoms with Crippen molar-refractivity contribution in [2.24, 2.45) is 0 Å². The van der Waals surface area contributed by atoms with Crippen molar-refractivity contribution in [1.82, 2.24) is 10.3 Å². The highest BCUT2D eigenvalue weighted by Crippen LogP contribution is 2.52. The largest absolute Gasteiger partial charge is 0.453 e. The Bertz CT molecular complexity index is 876. The molecule has 0 aliphatic rings. The maximum absolute atomic E-state index is 14.4. The highest BCUT2D eigenvalue weighted by atomic mass is 32.2. The molecule has 2 rings (SSSR count). The summed E-state index contributed by atoms with van der Waals surface area (Å²) in [4.78, 5) is 15.1. The van der Waals surface area contributed by atoms with Gasteiger partial charge in [-0.2, -0.15) is 26.3 Å². The third-order valence-electron chi connectivity index (χ3n) is 3.72. The van der Waals surface area contributed by atoms with Crippen molar-refractivity contribution in [3.05, 3.63) is 36.5 Å². The lowest BCUT2D eigenvalue weighted by molar-refractivity contribution is -0.338. The molecule has 0 aliphatic heterocycles. The second kappa shape index (κ2) is 8.20. The molecule has 2 aromatic rings. The van der Waals surface area contributed by atoms with E-state index >= 15 is 0 Å². The molecule has 1 unspecified atom stereocenters. The lowest BCUT2D eigenvalue weighted by Gasteiger charge is -2.36. The Morgan fingerprint density at radius 3 is 2.28 bits per heavy atom. The van der Waals surface area contributed by atoms with E-state index in [4.69, 9.17) is 0 Å². The van der Waals surface area contributed by atoms with Gasteiger partial charge in [0.25, 0.3) is 0 Å². The van der Waals surface area contributed by atoms with Gasteiger partial charge in [-0.25, -0.2) is 13.6 Å². The van der Waals surface area contributed by atoms with Crippen molar-refractivity contribution in [2.45, 2.75) is 34.5 Å². The van der Waals surface area contributed by atoms with Gasteiger partial charge in [0.1, 0.15) is 0 Å². The van der Waals surface area contributed by atoms with Crippen molar-refractivity contribution >= 4 is 28.8 Å². The van der Waals surface area contributed by atoms with Gasteiger partial charge in [-0.3, -0.25) is 4.98 Å².